The SMILES string of the molecule is CC(=O)NC1C(OCCSS(=O)(=O)c2ccc([N+](=O)[O-])cc2)OC(COC(C)=O)C(C)C1C. The minimum Gasteiger partial charge on any atom is -0.463 e. The molecule has 184 valence electrons. The first kappa shape index (κ1) is 27.0. The van der Waals surface area contributed by atoms with E-state index in [-0.39, 0.29) is 47.3 Å². The number of nitro benzene ring substituents is 1. The molecular weight excluding hydrogens is 476 g/mol. The highest BCUT2D eigenvalue weighted by atomic mass is 33.1. The molecule has 1 fully saturated rings. The largest absolute Gasteiger partial charge is 0.463 e. The van der Waals surface area contributed by atoms with Crippen LogP contribution in [-0.4, -0.2) is 62.6 Å². The van der Waals surface area contributed by atoms with E-state index in [0.29, 0.717) is 10.8 Å². The fourth-order valence-electron chi connectivity index (χ4n) is 3.37. The van der Waals surface area contributed by atoms with Crippen molar-refractivity contribution in [1.29, 1.82) is 0 Å². The molecule has 0 radical (unpaired) electrons. The summed E-state index contributed by atoms with van der Waals surface area (Å²) in [6.45, 7) is 6.57. The molecule has 0 bridgehead atoms. The summed E-state index contributed by atoms with van der Waals surface area (Å²) >= 11 is 0. The van der Waals surface area contributed by atoms with E-state index in [4.69, 9.17) is 14.2 Å². The first-order chi connectivity index (χ1) is 15.4. The summed E-state index contributed by atoms with van der Waals surface area (Å²) in [5.74, 6) is -0.745. The first-order valence-corrected chi connectivity index (χ1v) is 13.2. The van der Waals surface area contributed by atoms with E-state index in [1.807, 2.05) is 13.8 Å². The molecule has 33 heavy (non-hydrogen) atoms. The minimum absolute atomic E-state index is 0.000976. The van der Waals surface area contributed by atoms with Crippen LogP contribution in [0, 0.1) is 22.0 Å². The van der Waals surface area contributed by atoms with Crippen molar-refractivity contribution >= 4 is 37.2 Å². The maximum atomic E-state index is 12.5. The summed E-state index contributed by atoms with van der Waals surface area (Å²) < 4.78 is 41.7. The smallest absolute Gasteiger partial charge is 0.302 e. The van der Waals surface area contributed by atoms with Gasteiger partial charge in [-0.2, -0.15) is 0 Å². The Morgan fingerprint density at radius 3 is 2.36 bits per heavy atom. The maximum absolute atomic E-state index is 12.5. The summed E-state index contributed by atoms with van der Waals surface area (Å²) in [5.41, 5.74) is -0.201. The summed E-state index contributed by atoms with van der Waals surface area (Å²) in [6.07, 6.45) is -1.31. The van der Waals surface area contributed by atoms with Gasteiger partial charge in [-0.25, -0.2) is 8.42 Å². The number of nitro groups is 1. The number of non-ortho nitro benzene ring substituents is 1. The molecule has 0 aromatic heterocycles. The number of amides is 1. The van der Waals surface area contributed by atoms with Gasteiger partial charge in [-0.05, 0) is 34.8 Å². The molecule has 1 aromatic carbocycles. The second-order valence-electron chi connectivity index (χ2n) is 7.69. The Balaban J connectivity index is 1.99. The van der Waals surface area contributed by atoms with E-state index in [1.165, 1.54) is 26.0 Å². The Bertz CT molecular complexity index is 951. The van der Waals surface area contributed by atoms with Crippen LogP contribution < -0.4 is 5.32 Å². The highest BCUT2D eigenvalue weighted by Gasteiger charge is 2.43. The van der Waals surface area contributed by atoms with Gasteiger partial charge < -0.3 is 19.5 Å². The molecule has 1 amide bonds. The average Bonchev–Trinajstić information content (AvgIpc) is 2.74. The average molecular weight is 505 g/mol. The number of carbonyl (C=O) groups excluding carboxylic acids is 2. The molecule has 5 unspecified atom stereocenters. The monoisotopic (exact) mass is 504 g/mol. The highest BCUT2D eigenvalue weighted by Crippen LogP contribution is 2.32. The van der Waals surface area contributed by atoms with E-state index >= 15 is 0 Å². The summed E-state index contributed by atoms with van der Waals surface area (Å²) in [7, 11) is -3.11. The number of hydrogen-bond acceptors (Lipinski definition) is 10. The number of nitrogens with one attached hydrogen (secondary N) is 1. The van der Waals surface area contributed by atoms with Crippen LogP contribution >= 0.6 is 10.8 Å². The molecule has 2 rings (SSSR count). The van der Waals surface area contributed by atoms with Crippen molar-refractivity contribution in [3.05, 3.63) is 34.4 Å². The Morgan fingerprint density at radius 2 is 1.82 bits per heavy atom. The van der Waals surface area contributed by atoms with Crippen LogP contribution in [-0.2, 0) is 32.7 Å². The molecule has 1 N–H and O–H groups in total. The number of ether oxygens (including phenoxy) is 3. The van der Waals surface area contributed by atoms with E-state index in [9.17, 15) is 28.1 Å². The lowest BCUT2D eigenvalue weighted by atomic mass is 9.82. The Kier molecular flexibility index (Phi) is 9.64. The standard InChI is InChI=1S/C20H28N2O9S2/c1-12-13(2)19(21-14(3)23)20(31-18(12)11-30-15(4)24)29-9-10-32-33(27,28)17-7-5-16(6-8-17)22(25)26/h5-8,12-13,18-20H,9-11H2,1-4H3,(H,21,23). The summed E-state index contributed by atoms with van der Waals surface area (Å²) in [5, 5.41) is 13.5. The van der Waals surface area contributed by atoms with E-state index in [2.05, 4.69) is 5.32 Å². The van der Waals surface area contributed by atoms with Crippen molar-refractivity contribution in [1.82, 2.24) is 5.32 Å². The third-order valence-corrected chi connectivity index (χ3v) is 8.85. The topological polar surface area (TPSA) is 151 Å². The van der Waals surface area contributed by atoms with Gasteiger partial charge in [0, 0.05) is 31.7 Å². The number of rotatable bonds is 10. The summed E-state index contributed by atoms with van der Waals surface area (Å²) in [6, 6.07) is 4.15. The first-order valence-electron chi connectivity index (χ1n) is 10.2. The lowest BCUT2D eigenvalue weighted by molar-refractivity contribution is -0.384. The van der Waals surface area contributed by atoms with Crippen molar-refractivity contribution in [3.8, 4) is 0 Å². The molecule has 0 saturated carbocycles. The molecule has 0 aliphatic carbocycles. The molecule has 1 aliphatic rings. The Labute approximate surface area is 196 Å². The molecule has 1 aromatic rings. The predicted molar refractivity (Wildman–Crippen MR) is 120 cm³/mol. The van der Waals surface area contributed by atoms with Gasteiger partial charge in [0.05, 0.1) is 28.6 Å². The molecule has 1 saturated heterocycles. The van der Waals surface area contributed by atoms with Crippen LogP contribution in [0.2, 0.25) is 0 Å². The second kappa shape index (κ2) is 11.8. The predicted octanol–water partition coefficient (Wildman–Crippen LogP) is 2.10. The van der Waals surface area contributed by atoms with Gasteiger partial charge in [0.1, 0.15) is 6.61 Å². The zero-order valence-corrected chi connectivity index (χ0v) is 20.4. The van der Waals surface area contributed by atoms with Crippen LogP contribution in [0.3, 0.4) is 0 Å². The minimum atomic E-state index is -3.74. The molecule has 0 spiro atoms. The normalized spacial score (nSPS) is 25.3. The lowest BCUT2D eigenvalue weighted by Gasteiger charge is -2.44. The number of hydrogen-bond donors (Lipinski definition) is 1. The molecular formula is C20H28N2O9S2. The third-order valence-electron chi connectivity index (χ3n) is 5.35. The fourth-order valence-corrected chi connectivity index (χ4v) is 5.97. The van der Waals surface area contributed by atoms with Crippen LogP contribution in [0.15, 0.2) is 29.2 Å². The van der Waals surface area contributed by atoms with Crippen LogP contribution in [0.25, 0.3) is 0 Å². The molecule has 11 nitrogen and oxygen atoms in total. The maximum Gasteiger partial charge on any atom is 0.302 e. The van der Waals surface area contributed by atoms with Crippen molar-refractivity contribution in [2.24, 2.45) is 11.8 Å². The Hall–Kier alpha value is -2.22. The number of carbonyl (C=O) groups is 2. The summed E-state index contributed by atoms with van der Waals surface area (Å²) in [4.78, 5) is 32.9. The van der Waals surface area contributed by atoms with Crippen molar-refractivity contribution in [3.63, 3.8) is 0 Å². The fraction of sp³-hybridized carbons (Fsp3) is 0.600. The number of nitrogens with zero attached hydrogens (tertiary/aromatic N) is 1. The van der Waals surface area contributed by atoms with Crippen molar-refractivity contribution in [2.75, 3.05) is 19.0 Å². The van der Waals surface area contributed by atoms with E-state index in [0.717, 1.165) is 12.1 Å². The van der Waals surface area contributed by atoms with Crippen LogP contribution in [0.1, 0.15) is 27.7 Å². The van der Waals surface area contributed by atoms with E-state index in [1.54, 1.807) is 0 Å². The molecule has 13 heteroatoms. The lowest BCUT2D eigenvalue weighted by Crippen LogP contribution is -2.58. The zero-order chi connectivity index (χ0) is 24.8. The van der Waals surface area contributed by atoms with E-state index < -0.39 is 38.2 Å². The molecule has 1 aliphatic heterocycles. The van der Waals surface area contributed by atoms with Crippen molar-refractivity contribution in [2.45, 2.75) is 51.0 Å². The van der Waals surface area contributed by atoms with Gasteiger partial charge >= 0.3 is 5.97 Å². The second-order valence-corrected chi connectivity index (χ2v) is 11.7. The number of esters is 1. The van der Waals surface area contributed by atoms with Gasteiger partial charge in [0.2, 0.25) is 14.8 Å². The quantitative estimate of drug-likeness (QED) is 0.165. The number of benzene rings is 1. The molecule has 1 heterocycles. The third kappa shape index (κ3) is 7.66. The van der Waals surface area contributed by atoms with Gasteiger partial charge in [0.15, 0.2) is 6.29 Å². The van der Waals surface area contributed by atoms with Gasteiger partial charge in [-0.3, -0.25) is 19.7 Å². The van der Waals surface area contributed by atoms with Gasteiger partial charge in [-0.1, -0.05) is 13.8 Å². The Morgan fingerprint density at radius 1 is 1.18 bits per heavy atom. The zero-order valence-electron chi connectivity index (χ0n) is 18.8. The van der Waals surface area contributed by atoms with Crippen LogP contribution in [0.4, 0.5) is 5.69 Å². The highest BCUT2D eigenvalue weighted by molar-refractivity contribution is 8.72. The van der Waals surface area contributed by atoms with Gasteiger partial charge in [0.25, 0.3) is 5.69 Å². The van der Waals surface area contributed by atoms with Crippen LogP contribution in [0.5, 0.6) is 0 Å². The van der Waals surface area contributed by atoms with Crippen molar-refractivity contribution < 1.29 is 37.1 Å². The van der Waals surface area contributed by atoms with Gasteiger partial charge in [-0.15, -0.1) is 0 Å². The molecule has 5 atom stereocenters.